The van der Waals surface area contributed by atoms with Crippen molar-refractivity contribution < 1.29 is 18.3 Å². The number of nitrogens with zero attached hydrogens (tertiary/aromatic N) is 1. The normalized spacial score (nSPS) is 17.2. The summed E-state index contributed by atoms with van der Waals surface area (Å²) in [6, 6.07) is 10.1. The van der Waals surface area contributed by atoms with E-state index < -0.39 is 16.0 Å². The number of fused-ring (bicyclic) bond motifs is 1. The maximum Gasteiger partial charge on any atom is 0.335 e. The van der Waals surface area contributed by atoms with E-state index in [0.29, 0.717) is 16.8 Å². The average molecular weight is 359 g/mol. The number of hydrogen-bond acceptors (Lipinski definition) is 3. The van der Waals surface area contributed by atoms with Gasteiger partial charge in [-0.15, -0.1) is 0 Å². The first kappa shape index (κ1) is 17.5. The Labute approximate surface area is 148 Å². The molecule has 0 spiro atoms. The highest BCUT2D eigenvalue weighted by Crippen LogP contribution is 2.36. The van der Waals surface area contributed by atoms with Crippen LogP contribution < -0.4 is 4.31 Å². The zero-order valence-electron chi connectivity index (χ0n) is 14.5. The van der Waals surface area contributed by atoms with Crippen LogP contribution in [-0.4, -0.2) is 25.5 Å². The molecule has 0 amide bonds. The smallest absolute Gasteiger partial charge is 0.335 e. The molecule has 0 saturated carbocycles. The summed E-state index contributed by atoms with van der Waals surface area (Å²) in [4.78, 5) is 11.4. The van der Waals surface area contributed by atoms with Gasteiger partial charge in [0.05, 0.1) is 16.1 Å². The minimum absolute atomic E-state index is 0.0142. The number of carbonyl (C=O) groups is 1. The van der Waals surface area contributed by atoms with Crippen molar-refractivity contribution in [1.82, 2.24) is 0 Å². The van der Waals surface area contributed by atoms with E-state index in [4.69, 9.17) is 0 Å². The lowest BCUT2D eigenvalue weighted by molar-refractivity contribution is 0.0696. The number of hydrogen-bond donors (Lipinski definition) is 1. The van der Waals surface area contributed by atoms with Crippen LogP contribution in [0.1, 0.15) is 40.4 Å². The molecule has 0 unspecified atom stereocenters. The van der Waals surface area contributed by atoms with E-state index in [0.717, 1.165) is 18.4 Å². The van der Waals surface area contributed by atoms with Gasteiger partial charge in [0.25, 0.3) is 10.0 Å². The van der Waals surface area contributed by atoms with E-state index in [-0.39, 0.29) is 16.5 Å². The molecule has 1 aliphatic rings. The van der Waals surface area contributed by atoms with Crippen molar-refractivity contribution >= 4 is 21.7 Å². The molecule has 1 heterocycles. The van der Waals surface area contributed by atoms with Gasteiger partial charge in [-0.25, -0.2) is 13.2 Å². The Kier molecular flexibility index (Phi) is 4.33. The topological polar surface area (TPSA) is 74.7 Å². The van der Waals surface area contributed by atoms with Gasteiger partial charge >= 0.3 is 5.97 Å². The number of para-hydroxylation sites is 1. The fraction of sp³-hybridized carbons (Fsp3) is 0.316. The van der Waals surface area contributed by atoms with Crippen LogP contribution in [0, 0.1) is 13.8 Å². The van der Waals surface area contributed by atoms with Crippen molar-refractivity contribution in [3.05, 3.63) is 58.7 Å². The molecule has 132 valence electrons. The number of carboxylic acids is 1. The van der Waals surface area contributed by atoms with Crippen molar-refractivity contribution in [2.45, 2.75) is 44.6 Å². The molecule has 0 aromatic heterocycles. The van der Waals surface area contributed by atoms with E-state index in [2.05, 4.69) is 0 Å². The summed E-state index contributed by atoms with van der Waals surface area (Å²) in [7, 11) is -3.86. The molecular weight excluding hydrogens is 338 g/mol. The van der Waals surface area contributed by atoms with Gasteiger partial charge in [-0.05, 0) is 68.5 Å². The van der Waals surface area contributed by atoms with Crippen molar-refractivity contribution in [3.63, 3.8) is 0 Å². The fourth-order valence-electron chi connectivity index (χ4n) is 3.35. The molecular formula is C19H21NO4S. The van der Waals surface area contributed by atoms with Gasteiger partial charge in [-0.3, -0.25) is 4.31 Å². The first-order chi connectivity index (χ1) is 11.7. The lowest BCUT2D eigenvalue weighted by Gasteiger charge is -2.36. The van der Waals surface area contributed by atoms with E-state index in [1.807, 2.05) is 31.2 Å². The number of aryl methyl sites for hydroxylation is 2. The molecule has 1 aliphatic heterocycles. The number of aromatic carboxylic acids is 1. The largest absolute Gasteiger partial charge is 0.478 e. The molecule has 0 aliphatic carbocycles. The van der Waals surface area contributed by atoms with E-state index in [1.54, 1.807) is 13.8 Å². The van der Waals surface area contributed by atoms with Crippen LogP contribution in [0.5, 0.6) is 0 Å². The molecule has 0 fully saturated rings. The lowest BCUT2D eigenvalue weighted by atomic mass is 9.99. The Morgan fingerprint density at radius 1 is 1.20 bits per heavy atom. The Hall–Kier alpha value is -2.34. The first-order valence-electron chi connectivity index (χ1n) is 8.20. The second-order valence-corrected chi connectivity index (χ2v) is 8.32. The van der Waals surface area contributed by atoms with Crippen molar-refractivity contribution in [1.29, 1.82) is 0 Å². The Morgan fingerprint density at radius 2 is 1.88 bits per heavy atom. The third-order valence-corrected chi connectivity index (χ3v) is 6.92. The van der Waals surface area contributed by atoms with Crippen LogP contribution in [-0.2, 0) is 16.4 Å². The molecule has 2 aromatic rings. The zero-order valence-corrected chi connectivity index (χ0v) is 15.3. The predicted octanol–water partition coefficient (Wildman–Crippen LogP) is 3.53. The number of rotatable bonds is 3. The van der Waals surface area contributed by atoms with Gasteiger partial charge in [0.1, 0.15) is 0 Å². The van der Waals surface area contributed by atoms with E-state index in [1.165, 1.54) is 16.4 Å². The molecule has 3 rings (SSSR count). The predicted molar refractivity (Wildman–Crippen MR) is 96.8 cm³/mol. The Bertz CT molecular complexity index is 950. The Morgan fingerprint density at radius 3 is 2.56 bits per heavy atom. The molecule has 2 aromatic carbocycles. The summed E-state index contributed by atoms with van der Waals surface area (Å²) < 4.78 is 28.3. The minimum atomic E-state index is -3.86. The molecule has 0 saturated heterocycles. The van der Waals surface area contributed by atoms with Crippen LogP contribution in [0.15, 0.2) is 41.3 Å². The third kappa shape index (κ3) is 2.91. The number of carboxylic acid groups (broad SMARTS) is 1. The quantitative estimate of drug-likeness (QED) is 0.910. The summed E-state index contributed by atoms with van der Waals surface area (Å²) in [6.07, 6.45) is 1.56. The zero-order chi connectivity index (χ0) is 18.4. The molecule has 0 radical (unpaired) electrons. The molecule has 0 bridgehead atoms. The van der Waals surface area contributed by atoms with Crippen molar-refractivity contribution in [2.75, 3.05) is 4.31 Å². The maximum absolute atomic E-state index is 13.4. The highest BCUT2D eigenvalue weighted by molar-refractivity contribution is 7.93. The average Bonchev–Trinajstić information content (AvgIpc) is 2.56. The summed E-state index contributed by atoms with van der Waals surface area (Å²) in [5.41, 5.74) is 2.89. The van der Waals surface area contributed by atoms with Gasteiger partial charge in [0.15, 0.2) is 0 Å². The van der Waals surface area contributed by atoms with Gasteiger partial charge < -0.3 is 5.11 Å². The monoisotopic (exact) mass is 359 g/mol. The summed E-state index contributed by atoms with van der Waals surface area (Å²) >= 11 is 0. The fourth-order valence-corrected chi connectivity index (χ4v) is 5.40. The van der Waals surface area contributed by atoms with E-state index >= 15 is 0 Å². The SMILES string of the molecule is Cc1cc(C(=O)O)cc(S(=O)(=O)N2c3ccccc3CC[C@@H]2C)c1C. The van der Waals surface area contributed by atoms with Crippen molar-refractivity contribution in [2.24, 2.45) is 0 Å². The highest BCUT2D eigenvalue weighted by atomic mass is 32.2. The molecule has 1 atom stereocenters. The van der Waals surface area contributed by atoms with Gasteiger partial charge in [-0.1, -0.05) is 18.2 Å². The van der Waals surface area contributed by atoms with Crippen LogP contribution in [0.3, 0.4) is 0 Å². The Balaban J connectivity index is 2.23. The lowest BCUT2D eigenvalue weighted by Crippen LogP contribution is -2.42. The van der Waals surface area contributed by atoms with Crippen molar-refractivity contribution in [3.8, 4) is 0 Å². The van der Waals surface area contributed by atoms with Gasteiger partial charge in [0.2, 0.25) is 0 Å². The number of benzene rings is 2. The molecule has 6 heteroatoms. The van der Waals surface area contributed by atoms with Gasteiger partial charge in [-0.2, -0.15) is 0 Å². The number of anilines is 1. The first-order valence-corrected chi connectivity index (χ1v) is 9.64. The molecule has 25 heavy (non-hydrogen) atoms. The van der Waals surface area contributed by atoms with Crippen LogP contribution in [0.4, 0.5) is 5.69 Å². The summed E-state index contributed by atoms with van der Waals surface area (Å²) in [5.74, 6) is -1.13. The number of sulfonamides is 1. The third-order valence-electron chi connectivity index (χ3n) is 4.86. The highest BCUT2D eigenvalue weighted by Gasteiger charge is 2.35. The van der Waals surface area contributed by atoms with Gasteiger partial charge in [0, 0.05) is 6.04 Å². The van der Waals surface area contributed by atoms with Crippen LogP contribution in [0.25, 0.3) is 0 Å². The summed E-state index contributed by atoms with van der Waals surface area (Å²) in [6.45, 7) is 5.33. The molecule has 5 nitrogen and oxygen atoms in total. The van der Waals surface area contributed by atoms with E-state index in [9.17, 15) is 18.3 Å². The maximum atomic E-state index is 13.4. The van der Waals surface area contributed by atoms with Crippen LogP contribution in [0.2, 0.25) is 0 Å². The second kappa shape index (κ2) is 6.19. The van der Waals surface area contributed by atoms with Crippen LogP contribution >= 0.6 is 0 Å². The molecule has 1 N–H and O–H groups in total. The minimum Gasteiger partial charge on any atom is -0.478 e. The summed E-state index contributed by atoms with van der Waals surface area (Å²) in [5, 5.41) is 9.30. The standard InChI is InChI=1S/C19H21NO4S/c1-12-10-16(19(21)22)11-18(14(12)3)25(23,24)20-13(2)8-9-15-6-4-5-7-17(15)20/h4-7,10-11,13H,8-9H2,1-3H3,(H,21,22)/t13-/m0/s1. The second-order valence-electron chi connectivity index (χ2n) is 6.54.